The molecule has 1 aromatic heterocycles. The summed E-state index contributed by atoms with van der Waals surface area (Å²) in [7, 11) is 0. The minimum atomic E-state index is -1.34. The van der Waals surface area contributed by atoms with Crippen molar-refractivity contribution in [3.63, 3.8) is 0 Å². The summed E-state index contributed by atoms with van der Waals surface area (Å²) in [6, 6.07) is 9.37. The average Bonchev–Trinajstić information content (AvgIpc) is 3.55. The minimum Gasteiger partial charge on any atom is -0.480 e. The molecule has 15 N–H and O–H groups in total. The molecule has 54 heavy (non-hydrogen) atoms. The number of para-hydroxylation sites is 1. The summed E-state index contributed by atoms with van der Waals surface area (Å²) < 4.78 is 0. The normalized spacial score (nSPS) is 13.7. The van der Waals surface area contributed by atoms with Crippen LogP contribution in [0.1, 0.15) is 36.8 Å². The third-order valence-corrected chi connectivity index (χ3v) is 8.76. The highest BCUT2D eigenvalue weighted by Crippen LogP contribution is 2.19. The number of hydrogen-bond donors (Lipinski definition) is 13. The number of hydrogen-bond acceptors (Lipinski definition) is 9. The van der Waals surface area contributed by atoms with E-state index < -0.39 is 65.8 Å². The zero-order chi connectivity index (χ0) is 39.6. The maximum Gasteiger partial charge on any atom is 0.327 e. The maximum absolute atomic E-state index is 14.0. The molecule has 5 atom stereocenters. The Balaban J connectivity index is 1.87. The van der Waals surface area contributed by atoms with Crippen LogP contribution in [0.4, 0.5) is 4.79 Å². The number of nitrogens with two attached hydrogens (primary N) is 3. The first-order chi connectivity index (χ1) is 25.8. The number of H-pyrrole nitrogens is 1. The van der Waals surface area contributed by atoms with E-state index in [9.17, 15) is 33.9 Å². The summed E-state index contributed by atoms with van der Waals surface area (Å²) in [6.45, 7) is 0.380. The Kier molecular flexibility index (Phi) is 17.1. The molecule has 0 saturated carbocycles. The number of carbonyl (C=O) groups excluding carboxylic acids is 5. The summed E-state index contributed by atoms with van der Waals surface area (Å²) >= 11 is 4.03. The van der Waals surface area contributed by atoms with Crippen molar-refractivity contribution >= 4 is 65.1 Å². The quantitative estimate of drug-likeness (QED) is 0.0255. The van der Waals surface area contributed by atoms with Gasteiger partial charge in [-0.15, -0.1) is 0 Å². The molecule has 0 spiro atoms. The van der Waals surface area contributed by atoms with Crippen LogP contribution < -0.4 is 49.1 Å². The highest BCUT2D eigenvalue weighted by atomic mass is 32.1. The van der Waals surface area contributed by atoms with E-state index >= 15 is 0 Å². The van der Waals surface area contributed by atoms with Crippen LogP contribution >= 0.6 is 12.6 Å². The number of guanidine groups is 1. The number of aliphatic carboxylic acids is 1. The number of amides is 6. The third-order valence-electron chi connectivity index (χ3n) is 8.39. The van der Waals surface area contributed by atoms with E-state index in [0.717, 1.165) is 10.9 Å². The van der Waals surface area contributed by atoms with E-state index in [1.165, 1.54) is 0 Å². The molecule has 0 bridgehead atoms. The molecule has 18 nitrogen and oxygen atoms in total. The molecule has 19 heteroatoms. The van der Waals surface area contributed by atoms with Gasteiger partial charge in [0.15, 0.2) is 5.96 Å². The Bertz CT molecular complexity index is 1760. The smallest absolute Gasteiger partial charge is 0.327 e. The van der Waals surface area contributed by atoms with Gasteiger partial charge >= 0.3 is 12.0 Å². The predicted molar refractivity (Wildman–Crippen MR) is 205 cm³/mol. The van der Waals surface area contributed by atoms with Gasteiger partial charge < -0.3 is 59.2 Å². The van der Waals surface area contributed by atoms with Gasteiger partial charge in [0.05, 0.1) is 6.04 Å². The first kappa shape index (κ1) is 42.6. The standard InChI is InChI=1S/C35H49N11O7S/c36-23(11-6-15-41-35(39)53)29(47)44-26(16-20-8-2-1-3-9-20)31(49)43-25(13-7-14-40-34(37)38)30(48)45-27(32(50)46-28(19-54)33(51)52)17-21-18-42-24-12-5-4-10-22(21)24/h1-5,8-10,12,18,23,25-28,42,54H,6-7,11,13-17,19,36H2,(H,43,49)(H,44,47)(H,45,48)(H,46,50)(H,51,52)(H4,37,38,40)(H3,39,41,53)/t23-,25-,26+,27-,28-/m0/s1. The molecule has 0 aliphatic heterocycles. The van der Waals surface area contributed by atoms with Crippen molar-refractivity contribution in [1.82, 2.24) is 36.9 Å². The summed E-state index contributed by atoms with van der Waals surface area (Å²) in [5.74, 6) is -4.70. The number of aromatic amines is 1. The summed E-state index contributed by atoms with van der Waals surface area (Å²) in [5.41, 5.74) is 18.8. The number of fused-ring (bicyclic) bond motifs is 1. The van der Waals surface area contributed by atoms with Crippen molar-refractivity contribution in [2.24, 2.45) is 17.2 Å². The van der Waals surface area contributed by atoms with Crippen LogP contribution in [0.25, 0.3) is 10.9 Å². The molecule has 6 amide bonds. The molecule has 0 radical (unpaired) electrons. The number of primary amides is 1. The lowest BCUT2D eigenvalue weighted by Crippen LogP contribution is -2.59. The van der Waals surface area contributed by atoms with E-state index in [-0.39, 0.29) is 56.9 Å². The van der Waals surface area contributed by atoms with E-state index in [4.69, 9.17) is 22.6 Å². The Morgan fingerprint density at radius 3 is 1.93 bits per heavy atom. The minimum absolute atomic E-state index is 0.0199. The topological polar surface area (TPSA) is 313 Å². The fraction of sp³-hybridized carbons (Fsp3) is 0.400. The van der Waals surface area contributed by atoms with Crippen molar-refractivity contribution in [1.29, 1.82) is 5.41 Å². The second-order valence-corrected chi connectivity index (χ2v) is 12.9. The van der Waals surface area contributed by atoms with Crippen LogP contribution in [-0.4, -0.2) is 101 Å². The monoisotopic (exact) mass is 767 g/mol. The van der Waals surface area contributed by atoms with Crippen LogP contribution in [0.15, 0.2) is 60.8 Å². The summed E-state index contributed by atoms with van der Waals surface area (Å²) in [4.78, 5) is 80.5. The Hall–Kier alpha value is -5.82. The molecular formula is C35H49N11O7S. The molecular weight excluding hydrogens is 719 g/mol. The van der Waals surface area contributed by atoms with Gasteiger partial charge in [0, 0.05) is 48.8 Å². The lowest BCUT2D eigenvalue weighted by Gasteiger charge is -2.26. The van der Waals surface area contributed by atoms with Crippen LogP contribution in [0.2, 0.25) is 0 Å². The lowest BCUT2D eigenvalue weighted by atomic mass is 10.0. The number of benzene rings is 2. The highest BCUT2D eigenvalue weighted by molar-refractivity contribution is 7.80. The fourth-order valence-corrected chi connectivity index (χ4v) is 5.78. The van der Waals surface area contributed by atoms with Crippen molar-refractivity contribution < 1.29 is 33.9 Å². The SMILES string of the molecule is N=C(N)NCCC[C@H](NC(=O)[C@@H](Cc1ccccc1)NC(=O)[C@@H](N)CCCNC(N)=O)C(=O)N[C@@H](Cc1c[nH]c2ccccc12)C(=O)N[C@@H](CS)C(=O)O. The number of carboxylic acid groups (broad SMARTS) is 1. The van der Waals surface area contributed by atoms with Crippen molar-refractivity contribution in [3.8, 4) is 0 Å². The number of carbonyl (C=O) groups is 6. The van der Waals surface area contributed by atoms with E-state index in [1.54, 1.807) is 36.5 Å². The molecule has 0 aliphatic carbocycles. The largest absolute Gasteiger partial charge is 0.480 e. The zero-order valence-electron chi connectivity index (χ0n) is 29.6. The van der Waals surface area contributed by atoms with Crippen LogP contribution in [-0.2, 0) is 36.8 Å². The van der Waals surface area contributed by atoms with Gasteiger partial charge in [-0.1, -0.05) is 48.5 Å². The molecule has 2 aromatic carbocycles. The lowest BCUT2D eigenvalue weighted by molar-refractivity contribution is -0.141. The van der Waals surface area contributed by atoms with Gasteiger partial charge in [0.25, 0.3) is 0 Å². The Morgan fingerprint density at radius 1 is 0.722 bits per heavy atom. The van der Waals surface area contributed by atoms with Gasteiger partial charge in [-0.2, -0.15) is 12.6 Å². The van der Waals surface area contributed by atoms with Gasteiger partial charge in [0.2, 0.25) is 23.6 Å². The van der Waals surface area contributed by atoms with Gasteiger partial charge in [-0.25, -0.2) is 9.59 Å². The first-order valence-corrected chi connectivity index (χ1v) is 17.9. The summed E-state index contributed by atoms with van der Waals surface area (Å²) in [5, 5.41) is 33.4. The average molecular weight is 768 g/mol. The fourth-order valence-electron chi connectivity index (χ4n) is 5.53. The predicted octanol–water partition coefficient (Wildman–Crippen LogP) is -1.05. The molecule has 292 valence electrons. The Labute approximate surface area is 317 Å². The zero-order valence-corrected chi connectivity index (χ0v) is 30.5. The first-order valence-electron chi connectivity index (χ1n) is 17.3. The highest BCUT2D eigenvalue weighted by Gasteiger charge is 2.32. The second-order valence-electron chi connectivity index (χ2n) is 12.5. The molecule has 3 rings (SSSR count). The van der Waals surface area contributed by atoms with E-state index in [1.807, 2.05) is 24.3 Å². The molecule has 1 heterocycles. The second kappa shape index (κ2) is 21.6. The van der Waals surface area contributed by atoms with Crippen molar-refractivity contribution in [2.75, 3.05) is 18.8 Å². The number of aromatic nitrogens is 1. The van der Waals surface area contributed by atoms with Crippen molar-refractivity contribution in [2.45, 2.75) is 68.7 Å². The summed E-state index contributed by atoms with van der Waals surface area (Å²) in [6.07, 6.45) is 2.48. The van der Waals surface area contributed by atoms with Gasteiger partial charge in [-0.05, 0) is 42.9 Å². The third kappa shape index (κ3) is 14.0. The molecule has 0 unspecified atom stereocenters. The number of thiol groups is 1. The van der Waals surface area contributed by atoms with Gasteiger partial charge in [-0.3, -0.25) is 24.6 Å². The number of rotatable bonds is 22. The molecule has 0 saturated heterocycles. The number of nitrogens with one attached hydrogen (secondary N) is 8. The van der Waals surface area contributed by atoms with E-state index in [2.05, 4.69) is 49.5 Å². The maximum atomic E-state index is 14.0. The number of urea groups is 1. The molecule has 0 aliphatic rings. The van der Waals surface area contributed by atoms with Crippen LogP contribution in [0.3, 0.4) is 0 Å². The van der Waals surface area contributed by atoms with Crippen molar-refractivity contribution in [3.05, 3.63) is 71.9 Å². The Morgan fingerprint density at radius 2 is 1.28 bits per heavy atom. The van der Waals surface area contributed by atoms with Crippen LogP contribution in [0, 0.1) is 5.41 Å². The molecule has 3 aromatic rings. The molecule has 0 fully saturated rings. The van der Waals surface area contributed by atoms with Gasteiger partial charge in [0.1, 0.15) is 24.2 Å². The van der Waals surface area contributed by atoms with E-state index in [0.29, 0.717) is 17.5 Å². The number of carboxylic acids is 1. The van der Waals surface area contributed by atoms with Crippen LogP contribution in [0.5, 0.6) is 0 Å².